The van der Waals surface area contributed by atoms with Crippen LogP contribution in [-0.2, 0) is 0 Å². The maximum absolute atomic E-state index is 13.0. The zero-order valence-electron chi connectivity index (χ0n) is 14.6. The summed E-state index contributed by atoms with van der Waals surface area (Å²) in [5.41, 5.74) is 0.916. The van der Waals surface area contributed by atoms with E-state index in [4.69, 9.17) is 0 Å². The summed E-state index contributed by atoms with van der Waals surface area (Å²) in [6.07, 6.45) is 2.50. The molecule has 1 N–H and O–H groups in total. The Morgan fingerprint density at radius 2 is 2.08 bits per heavy atom. The summed E-state index contributed by atoms with van der Waals surface area (Å²) in [6, 6.07) is 5.41. The van der Waals surface area contributed by atoms with Crippen molar-refractivity contribution < 1.29 is 40.3 Å². The number of carbonyl (C=O) groups is 1. The predicted octanol–water partition coefficient (Wildman–Crippen LogP) is 3.62. The summed E-state index contributed by atoms with van der Waals surface area (Å²) in [5.74, 6) is -1.10. The minimum absolute atomic E-state index is 0. The number of hydrogen-bond acceptors (Lipinski definition) is 3. The number of aliphatic imine (C=N–C) groups is 1. The number of aromatic nitrogens is 1. The molecule has 0 fully saturated rings. The molecule has 25 heavy (non-hydrogen) atoms. The summed E-state index contributed by atoms with van der Waals surface area (Å²) >= 11 is 1.31. The van der Waals surface area contributed by atoms with E-state index in [0.717, 1.165) is 11.1 Å². The van der Waals surface area contributed by atoms with Crippen molar-refractivity contribution >= 4 is 29.3 Å². The molecule has 1 aromatic heterocycles. The Kier molecular flexibility index (Phi) is 11.4. The van der Waals surface area contributed by atoms with Crippen molar-refractivity contribution in [2.45, 2.75) is 27.7 Å². The molecule has 0 aliphatic heterocycles. The van der Waals surface area contributed by atoms with Gasteiger partial charge in [0.2, 0.25) is 0 Å². The van der Waals surface area contributed by atoms with Crippen molar-refractivity contribution in [1.29, 1.82) is 0 Å². The van der Waals surface area contributed by atoms with Crippen molar-refractivity contribution in [1.82, 2.24) is 10.3 Å². The quantitative estimate of drug-likeness (QED) is 0.339. The second-order valence-electron chi connectivity index (χ2n) is 4.43. The molecule has 0 radical (unpaired) electrons. The van der Waals surface area contributed by atoms with Crippen LogP contribution in [0.1, 0.15) is 39.8 Å². The topological polar surface area (TPSA) is 76.7 Å². The van der Waals surface area contributed by atoms with Gasteiger partial charge in [0.15, 0.2) is 0 Å². The van der Waals surface area contributed by atoms with Crippen molar-refractivity contribution in [3.8, 4) is 0 Å². The number of halogens is 1. The van der Waals surface area contributed by atoms with Gasteiger partial charge in [0.1, 0.15) is 10.7 Å². The number of carbonyl (C=O) groups excluding carboxylic acids is 1. The van der Waals surface area contributed by atoms with Gasteiger partial charge in [-0.2, -0.15) is 0 Å². The first-order valence-electron chi connectivity index (χ1n) is 7.45. The normalized spacial score (nSPS) is 9.80. The van der Waals surface area contributed by atoms with Gasteiger partial charge >= 0.3 is 31.1 Å². The molecular weight excluding hydrogens is 565 g/mol. The molecule has 0 aliphatic rings. The van der Waals surface area contributed by atoms with Crippen LogP contribution in [0.15, 0.2) is 29.3 Å². The Labute approximate surface area is 175 Å². The number of nitrogens with zero attached hydrogens (tertiary/aromatic N) is 3. The maximum atomic E-state index is 13.0. The molecule has 8 heteroatoms. The third kappa shape index (κ3) is 7.59. The fourth-order valence-electron chi connectivity index (χ4n) is 1.75. The average Bonchev–Trinajstić information content (AvgIpc) is 2.91. The summed E-state index contributed by atoms with van der Waals surface area (Å²) in [5, 5.41) is 13.1. The van der Waals surface area contributed by atoms with Gasteiger partial charge in [-0.1, -0.05) is 26.0 Å². The molecule has 0 unspecified atom stereocenters. The van der Waals surface area contributed by atoms with Gasteiger partial charge in [-0.25, -0.2) is 15.2 Å². The zero-order chi connectivity index (χ0) is 18.1. The Morgan fingerprint density at radius 1 is 1.40 bits per heavy atom. The number of amidine groups is 1. The molecule has 2 rings (SSSR count). The largest absolute Gasteiger partial charge is 2.00 e. The van der Waals surface area contributed by atoms with Gasteiger partial charge in [-0.3, -0.25) is 11.0 Å². The fraction of sp³-hybridized carbons (Fsp3) is 0.294. The van der Waals surface area contributed by atoms with E-state index in [1.165, 1.54) is 29.5 Å². The molecule has 0 bridgehead atoms. The summed E-state index contributed by atoms with van der Waals surface area (Å²) in [4.78, 5) is 20.3. The minimum atomic E-state index is -0.469. The fourth-order valence-corrected chi connectivity index (χ4v) is 2.58. The molecular formula is C17H19FN4OSU. The van der Waals surface area contributed by atoms with E-state index in [1.54, 1.807) is 6.92 Å². The van der Waals surface area contributed by atoms with Crippen molar-refractivity contribution in [3.63, 3.8) is 0 Å². The van der Waals surface area contributed by atoms with Gasteiger partial charge in [0, 0.05) is 0 Å². The van der Waals surface area contributed by atoms with Crippen LogP contribution in [0.3, 0.4) is 0 Å². The van der Waals surface area contributed by atoms with Gasteiger partial charge in [0.25, 0.3) is 5.91 Å². The van der Waals surface area contributed by atoms with E-state index >= 15 is 0 Å². The van der Waals surface area contributed by atoms with Crippen LogP contribution in [0.2, 0.25) is 0 Å². The molecule has 0 spiro atoms. The summed E-state index contributed by atoms with van der Waals surface area (Å²) < 4.78 is 13.0. The van der Waals surface area contributed by atoms with Crippen LogP contribution < -0.4 is 5.32 Å². The molecule has 0 aliphatic carbocycles. The van der Waals surface area contributed by atoms with Crippen LogP contribution in [0.4, 0.5) is 4.39 Å². The van der Waals surface area contributed by atoms with Gasteiger partial charge in [-0.05, 0) is 32.5 Å². The molecule has 130 valence electrons. The Morgan fingerprint density at radius 3 is 2.64 bits per heavy atom. The Balaban J connectivity index is 0.00000185. The standard InChI is InChI=1S/C15H13FN4OS.C2H6.U/c1-9-13(22-10(2)20-9)15(21)19-7-6-18-14(17)11-4-3-5-12(16)8-11;1-2;/h3-5,8H,7H2,1-2H3,(H,19,21);1-2H3;/q-2;;+2. The number of aryl methyl sites for hydroxylation is 2. The average molecular weight is 584 g/mol. The first-order chi connectivity index (χ1) is 11.5. The van der Waals surface area contributed by atoms with Crippen molar-refractivity contribution in [2.24, 2.45) is 4.99 Å². The monoisotopic (exact) mass is 584 g/mol. The number of rotatable bonds is 4. The van der Waals surface area contributed by atoms with E-state index in [1.807, 2.05) is 20.8 Å². The van der Waals surface area contributed by atoms with E-state index in [-0.39, 0.29) is 55.0 Å². The molecule has 2 aromatic rings. The van der Waals surface area contributed by atoms with Gasteiger partial charge < -0.3 is 15.7 Å². The van der Waals surface area contributed by atoms with Gasteiger partial charge in [-0.15, -0.1) is 16.9 Å². The second kappa shape index (κ2) is 12.1. The summed E-state index contributed by atoms with van der Waals surface area (Å²) in [6.45, 7) is 7.61. The van der Waals surface area contributed by atoms with E-state index in [2.05, 4.69) is 21.5 Å². The van der Waals surface area contributed by atoms with Crippen LogP contribution in [0.5, 0.6) is 0 Å². The third-order valence-electron chi connectivity index (χ3n) is 2.71. The van der Waals surface area contributed by atoms with Crippen molar-refractivity contribution in [3.05, 3.63) is 56.6 Å². The predicted molar refractivity (Wildman–Crippen MR) is 96.6 cm³/mol. The zero-order valence-corrected chi connectivity index (χ0v) is 19.5. The first-order valence-corrected chi connectivity index (χ1v) is 8.26. The van der Waals surface area contributed by atoms with E-state index in [0.29, 0.717) is 10.6 Å². The van der Waals surface area contributed by atoms with Crippen LogP contribution in [-0.4, -0.2) is 29.5 Å². The maximum Gasteiger partial charge on any atom is 2.00 e. The Hall–Kier alpha value is -1.36. The first kappa shape index (κ1) is 23.6. The molecule has 5 nitrogen and oxygen atoms in total. The van der Waals surface area contributed by atoms with Gasteiger partial charge in [0.05, 0.1) is 10.7 Å². The number of nitrogens with one attached hydrogen (secondary N) is 1. The smallest absolute Gasteiger partial charge is 0.639 e. The van der Waals surface area contributed by atoms with Crippen LogP contribution >= 0.6 is 11.3 Å². The molecule has 1 amide bonds. The molecule has 0 saturated carbocycles. The molecule has 0 saturated heterocycles. The number of thiazole rings is 1. The summed E-state index contributed by atoms with van der Waals surface area (Å²) in [7, 11) is 0. The third-order valence-corrected chi connectivity index (χ3v) is 3.78. The van der Waals surface area contributed by atoms with Crippen LogP contribution in [0.25, 0.3) is 5.41 Å². The van der Waals surface area contributed by atoms with Crippen LogP contribution in [0, 0.1) is 50.8 Å². The van der Waals surface area contributed by atoms with Crippen molar-refractivity contribution in [2.75, 3.05) is 6.54 Å². The number of amides is 1. The SMILES string of the molecule is CC.Cc1nc(C)c(C(=O)NC[C-]=NC(=[N-])c2cccc(F)c2)s1.[U+2]. The second-order valence-corrected chi connectivity index (χ2v) is 5.64. The number of hydrogen-bond donors (Lipinski definition) is 1. The molecule has 1 aromatic carbocycles. The molecule has 1 heterocycles. The van der Waals surface area contributed by atoms with E-state index in [9.17, 15) is 14.6 Å². The van der Waals surface area contributed by atoms with E-state index < -0.39 is 5.82 Å². The minimum Gasteiger partial charge on any atom is -0.639 e. The Bertz CT molecular complexity index is 746. The molecule has 0 atom stereocenters. The number of benzene rings is 1.